The van der Waals surface area contributed by atoms with Gasteiger partial charge in [0.15, 0.2) is 23.3 Å². The molecule has 4 rings (SSSR count). The Bertz CT molecular complexity index is 1040. The van der Waals surface area contributed by atoms with E-state index in [1.807, 2.05) is 31.2 Å². The molecule has 3 aromatic rings. The van der Waals surface area contributed by atoms with Crippen LogP contribution >= 0.6 is 24.0 Å². The van der Waals surface area contributed by atoms with Crippen LogP contribution in [0.4, 0.5) is 0 Å². The largest absolute Gasteiger partial charge is 0.454 e. The molecule has 0 saturated carbocycles. The third kappa shape index (κ3) is 6.12. The van der Waals surface area contributed by atoms with E-state index in [1.54, 1.807) is 7.05 Å². The molecule has 0 saturated heterocycles. The lowest BCUT2D eigenvalue weighted by atomic mass is 10.1. The highest BCUT2D eigenvalue weighted by Gasteiger charge is 2.13. The van der Waals surface area contributed by atoms with Gasteiger partial charge in [-0.05, 0) is 48.2 Å². The zero-order chi connectivity index (χ0) is 21.5. The van der Waals surface area contributed by atoms with E-state index in [0.717, 1.165) is 61.2 Å². The molecular formula is C23H28IN5O3. The number of nitrogens with one attached hydrogen (secondary N) is 2. The van der Waals surface area contributed by atoms with Crippen LogP contribution in [-0.2, 0) is 19.3 Å². The molecule has 0 radical (unpaired) electrons. The Balaban J connectivity index is 0.00000289. The summed E-state index contributed by atoms with van der Waals surface area (Å²) >= 11 is 0. The molecule has 0 bridgehead atoms. The van der Waals surface area contributed by atoms with Gasteiger partial charge >= 0.3 is 0 Å². The van der Waals surface area contributed by atoms with Crippen LogP contribution in [-0.4, -0.2) is 43.0 Å². The number of benzene rings is 2. The van der Waals surface area contributed by atoms with Gasteiger partial charge in [-0.1, -0.05) is 30.3 Å². The van der Waals surface area contributed by atoms with E-state index in [2.05, 4.69) is 44.0 Å². The summed E-state index contributed by atoms with van der Waals surface area (Å²) in [5.41, 5.74) is 3.35. The van der Waals surface area contributed by atoms with Gasteiger partial charge in [-0.2, -0.15) is 4.98 Å². The lowest BCUT2D eigenvalue weighted by Gasteiger charge is -2.12. The first-order valence-corrected chi connectivity index (χ1v) is 10.5. The zero-order valence-corrected chi connectivity index (χ0v) is 20.6. The summed E-state index contributed by atoms with van der Waals surface area (Å²) in [5.74, 6) is 3.70. The normalized spacial score (nSPS) is 12.4. The van der Waals surface area contributed by atoms with Crippen LogP contribution in [0.25, 0.3) is 11.5 Å². The Kier molecular flexibility index (Phi) is 8.72. The maximum absolute atomic E-state index is 5.43. The van der Waals surface area contributed by atoms with E-state index in [9.17, 15) is 0 Å². The summed E-state index contributed by atoms with van der Waals surface area (Å²) < 4.78 is 16.1. The van der Waals surface area contributed by atoms with E-state index in [0.29, 0.717) is 12.7 Å². The van der Waals surface area contributed by atoms with Crippen molar-refractivity contribution in [2.75, 3.05) is 26.9 Å². The van der Waals surface area contributed by atoms with Crippen LogP contribution in [0.3, 0.4) is 0 Å². The number of aryl methyl sites for hydroxylation is 1. The molecule has 32 heavy (non-hydrogen) atoms. The van der Waals surface area contributed by atoms with Crippen LogP contribution < -0.4 is 20.1 Å². The van der Waals surface area contributed by atoms with Crippen LogP contribution in [0.5, 0.6) is 11.5 Å². The summed E-state index contributed by atoms with van der Waals surface area (Å²) in [6.07, 6.45) is 2.51. The summed E-state index contributed by atoms with van der Waals surface area (Å²) in [6.45, 7) is 3.86. The predicted molar refractivity (Wildman–Crippen MR) is 134 cm³/mol. The number of hydrogen-bond donors (Lipinski definition) is 2. The van der Waals surface area contributed by atoms with Gasteiger partial charge in [-0.3, -0.25) is 4.99 Å². The van der Waals surface area contributed by atoms with Crippen LogP contribution in [0, 0.1) is 0 Å². The van der Waals surface area contributed by atoms with Crippen molar-refractivity contribution >= 4 is 29.9 Å². The number of guanidine groups is 1. The number of aliphatic imine (C=N–C) groups is 1. The van der Waals surface area contributed by atoms with Gasteiger partial charge in [0.25, 0.3) is 5.89 Å². The molecule has 0 unspecified atom stereocenters. The number of hydrogen-bond acceptors (Lipinski definition) is 6. The SMILES string of the molecule is CCc1noc(-c2ccc(CCNC(=NC)NCCc3ccc4c(c3)OCO4)cc2)n1.I. The Morgan fingerprint density at radius 2 is 1.66 bits per heavy atom. The molecule has 2 aromatic carbocycles. The summed E-state index contributed by atoms with van der Waals surface area (Å²) in [4.78, 5) is 8.66. The monoisotopic (exact) mass is 549 g/mol. The molecule has 8 nitrogen and oxygen atoms in total. The fourth-order valence-electron chi connectivity index (χ4n) is 3.30. The van der Waals surface area contributed by atoms with Crippen molar-refractivity contribution in [2.45, 2.75) is 26.2 Å². The molecule has 1 aliphatic heterocycles. The van der Waals surface area contributed by atoms with E-state index < -0.39 is 0 Å². The number of halogens is 1. The van der Waals surface area contributed by atoms with Crippen LogP contribution in [0.15, 0.2) is 52.0 Å². The van der Waals surface area contributed by atoms with Crippen molar-refractivity contribution in [2.24, 2.45) is 4.99 Å². The second-order valence-electron chi connectivity index (χ2n) is 7.18. The van der Waals surface area contributed by atoms with Crippen molar-refractivity contribution in [3.63, 3.8) is 0 Å². The van der Waals surface area contributed by atoms with Gasteiger partial charge in [0.1, 0.15) is 0 Å². The van der Waals surface area contributed by atoms with E-state index in [-0.39, 0.29) is 24.0 Å². The topological polar surface area (TPSA) is 93.8 Å². The smallest absolute Gasteiger partial charge is 0.257 e. The van der Waals surface area contributed by atoms with Crippen molar-refractivity contribution in [3.05, 3.63) is 59.4 Å². The highest BCUT2D eigenvalue weighted by molar-refractivity contribution is 14.0. The zero-order valence-electron chi connectivity index (χ0n) is 18.3. The molecule has 2 N–H and O–H groups in total. The Hall–Kier alpha value is -2.82. The maximum Gasteiger partial charge on any atom is 0.257 e. The average Bonchev–Trinajstić information content (AvgIpc) is 3.47. The number of fused-ring (bicyclic) bond motifs is 1. The van der Waals surface area contributed by atoms with Gasteiger partial charge in [-0.15, -0.1) is 24.0 Å². The summed E-state index contributed by atoms with van der Waals surface area (Å²) in [7, 11) is 1.78. The molecule has 0 atom stereocenters. The van der Waals surface area contributed by atoms with Gasteiger partial charge in [0.05, 0.1) is 0 Å². The molecule has 9 heteroatoms. The van der Waals surface area contributed by atoms with E-state index in [1.165, 1.54) is 11.1 Å². The van der Waals surface area contributed by atoms with Gasteiger partial charge in [0.2, 0.25) is 6.79 Å². The van der Waals surface area contributed by atoms with E-state index in [4.69, 9.17) is 14.0 Å². The van der Waals surface area contributed by atoms with Crippen molar-refractivity contribution in [1.82, 2.24) is 20.8 Å². The Morgan fingerprint density at radius 3 is 2.34 bits per heavy atom. The standard InChI is InChI=1S/C23H27N5O3.HI/c1-3-21-27-22(31-28-21)18-7-4-16(5-8-18)10-12-25-23(24-2)26-13-11-17-6-9-19-20(14-17)30-15-29-19;/h4-9,14H,3,10-13,15H2,1-2H3,(H2,24,25,26);1H. The Labute approximate surface area is 204 Å². The highest BCUT2D eigenvalue weighted by atomic mass is 127. The highest BCUT2D eigenvalue weighted by Crippen LogP contribution is 2.32. The molecule has 0 aliphatic carbocycles. The minimum atomic E-state index is 0. The fraction of sp³-hybridized carbons (Fsp3) is 0.348. The second kappa shape index (κ2) is 11.7. The van der Waals surface area contributed by atoms with Gasteiger partial charge in [-0.25, -0.2) is 0 Å². The first kappa shape index (κ1) is 23.8. The number of aromatic nitrogens is 2. The minimum absolute atomic E-state index is 0. The molecule has 1 aliphatic rings. The van der Waals surface area contributed by atoms with Gasteiger partial charge < -0.3 is 24.6 Å². The molecule has 0 amide bonds. The number of nitrogens with zero attached hydrogens (tertiary/aromatic N) is 3. The van der Waals surface area contributed by atoms with E-state index >= 15 is 0 Å². The maximum atomic E-state index is 5.43. The van der Waals surface area contributed by atoms with Crippen LogP contribution in [0.2, 0.25) is 0 Å². The summed E-state index contributed by atoms with van der Waals surface area (Å²) in [6, 6.07) is 14.2. The molecule has 2 heterocycles. The van der Waals surface area contributed by atoms with Crippen molar-refractivity contribution in [1.29, 1.82) is 0 Å². The minimum Gasteiger partial charge on any atom is -0.454 e. The lowest BCUT2D eigenvalue weighted by molar-refractivity contribution is 0.174. The van der Waals surface area contributed by atoms with Crippen molar-refractivity contribution in [3.8, 4) is 23.0 Å². The first-order valence-electron chi connectivity index (χ1n) is 10.5. The molecule has 0 spiro atoms. The van der Waals surface area contributed by atoms with Crippen molar-refractivity contribution < 1.29 is 14.0 Å². The number of ether oxygens (including phenoxy) is 2. The van der Waals surface area contributed by atoms with Crippen LogP contribution in [0.1, 0.15) is 23.9 Å². The predicted octanol–water partition coefficient (Wildman–Crippen LogP) is 3.60. The molecule has 170 valence electrons. The fourth-order valence-corrected chi connectivity index (χ4v) is 3.30. The third-order valence-electron chi connectivity index (χ3n) is 5.06. The van der Waals surface area contributed by atoms with Gasteiger partial charge in [0, 0.05) is 32.1 Å². The lowest BCUT2D eigenvalue weighted by Crippen LogP contribution is -2.39. The molecule has 0 fully saturated rings. The summed E-state index contributed by atoms with van der Waals surface area (Å²) in [5, 5.41) is 10.6. The second-order valence-corrected chi connectivity index (χ2v) is 7.18. The molecular weight excluding hydrogens is 521 g/mol. The third-order valence-corrected chi connectivity index (χ3v) is 5.06. The Morgan fingerprint density at radius 1 is 0.969 bits per heavy atom. The molecule has 1 aromatic heterocycles. The number of rotatable bonds is 8. The average molecular weight is 549 g/mol. The quantitative estimate of drug-likeness (QED) is 0.252. The first-order chi connectivity index (χ1) is 15.2.